The van der Waals surface area contributed by atoms with Crippen LogP contribution in [0.1, 0.15) is 22.9 Å². The fraction of sp³-hybridized carbons (Fsp3) is 0.231. The molecule has 0 fully saturated rings. The molecule has 0 aliphatic carbocycles. The van der Waals surface area contributed by atoms with Gasteiger partial charge in [-0.2, -0.15) is 0 Å². The fourth-order valence-corrected chi connectivity index (χ4v) is 2.25. The van der Waals surface area contributed by atoms with Gasteiger partial charge in [-0.05, 0) is 23.8 Å². The lowest BCUT2D eigenvalue weighted by atomic mass is 9.95. The van der Waals surface area contributed by atoms with E-state index in [9.17, 15) is 5.11 Å². The van der Waals surface area contributed by atoms with Crippen LogP contribution in [0.2, 0.25) is 0 Å². The molecule has 0 bridgehead atoms. The molecule has 1 unspecified atom stereocenters. The Labute approximate surface area is 93.7 Å². The molecule has 2 aromatic rings. The van der Waals surface area contributed by atoms with Crippen LogP contribution in [-0.4, -0.2) is 11.7 Å². The molecule has 3 heteroatoms. The van der Waals surface area contributed by atoms with Gasteiger partial charge in [-0.3, -0.25) is 0 Å². The number of phenolic OH excluding ortho intramolecular Hbond substituents is 1. The van der Waals surface area contributed by atoms with E-state index in [1.54, 1.807) is 18.4 Å². The maximum Gasteiger partial charge on any atom is 0.115 e. The predicted octanol–water partition coefficient (Wildman–Crippen LogP) is 2.22. The average Bonchev–Trinajstić information content (AvgIpc) is 2.76. The molecule has 3 nitrogen and oxygen atoms in total. The van der Waals surface area contributed by atoms with Gasteiger partial charge in [0.15, 0.2) is 0 Å². The van der Waals surface area contributed by atoms with Gasteiger partial charge in [0.05, 0.1) is 12.3 Å². The summed E-state index contributed by atoms with van der Waals surface area (Å²) in [5.41, 5.74) is 2.25. The number of aromatic hydroxyl groups is 1. The molecule has 2 heterocycles. The van der Waals surface area contributed by atoms with E-state index in [2.05, 4.69) is 5.32 Å². The molecule has 1 aliphatic heterocycles. The molecule has 0 radical (unpaired) electrons. The van der Waals surface area contributed by atoms with E-state index in [1.807, 2.05) is 18.2 Å². The van der Waals surface area contributed by atoms with Crippen LogP contribution in [0.3, 0.4) is 0 Å². The van der Waals surface area contributed by atoms with Crippen LogP contribution >= 0.6 is 0 Å². The van der Waals surface area contributed by atoms with Crippen molar-refractivity contribution in [3.05, 3.63) is 53.5 Å². The van der Waals surface area contributed by atoms with Crippen LogP contribution in [-0.2, 0) is 6.42 Å². The Morgan fingerprint density at radius 3 is 3.12 bits per heavy atom. The maximum absolute atomic E-state index is 9.49. The van der Waals surface area contributed by atoms with Gasteiger partial charge in [-0.15, -0.1) is 0 Å². The average molecular weight is 215 g/mol. The smallest absolute Gasteiger partial charge is 0.115 e. The van der Waals surface area contributed by atoms with E-state index in [1.165, 1.54) is 5.56 Å². The van der Waals surface area contributed by atoms with E-state index in [0.29, 0.717) is 5.75 Å². The van der Waals surface area contributed by atoms with Crippen molar-refractivity contribution < 1.29 is 9.52 Å². The molecule has 1 aliphatic rings. The molecule has 0 saturated carbocycles. The summed E-state index contributed by atoms with van der Waals surface area (Å²) in [5.74, 6) is 1.35. The van der Waals surface area contributed by atoms with E-state index >= 15 is 0 Å². The Balaban J connectivity index is 2.04. The SMILES string of the molecule is Oc1cccc(C2NCCc3occc32)c1. The normalized spacial score (nSPS) is 19.4. The second-order valence-corrected chi connectivity index (χ2v) is 4.03. The summed E-state index contributed by atoms with van der Waals surface area (Å²) in [6, 6.07) is 9.48. The van der Waals surface area contributed by atoms with Crippen molar-refractivity contribution in [1.82, 2.24) is 5.32 Å². The van der Waals surface area contributed by atoms with E-state index in [-0.39, 0.29) is 6.04 Å². The predicted molar refractivity (Wildman–Crippen MR) is 60.4 cm³/mol. The monoisotopic (exact) mass is 215 g/mol. The summed E-state index contributed by atoms with van der Waals surface area (Å²) in [6.45, 7) is 0.904. The van der Waals surface area contributed by atoms with Gasteiger partial charge in [0.2, 0.25) is 0 Å². The fourth-order valence-electron chi connectivity index (χ4n) is 2.25. The first-order chi connectivity index (χ1) is 7.84. The summed E-state index contributed by atoms with van der Waals surface area (Å²) in [6.07, 6.45) is 2.66. The molecule has 2 N–H and O–H groups in total. The molecule has 0 spiro atoms. The molecule has 1 aromatic heterocycles. The third kappa shape index (κ3) is 1.49. The number of hydrogen-bond acceptors (Lipinski definition) is 3. The lowest BCUT2D eigenvalue weighted by Crippen LogP contribution is -2.29. The molecular formula is C13H13NO2. The molecule has 16 heavy (non-hydrogen) atoms. The first kappa shape index (κ1) is 9.48. The van der Waals surface area contributed by atoms with Crippen molar-refractivity contribution in [2.24, 2.45) is 0 Å². The molecule has 0 amide bonds. The molecular weight excluding hydrogens is 202 g/mol. The van der Waals surface area contributed by atoms with E-state index < -0.39 is 0 Å². The minimum Gasteiger partial charge on any atom is -0.508 e. The summed E-state index contributed by atoms with van der Waals surface area (Å²) < 4.78 is 5.44. The standard InChI is InChI=1S/C13H13NO2/c15-10-3-1-2-9(8-10)13-11-5-7-16-12(11)4-6-14-13/h1-3,5,7-8,13-15H,4,6H2. The number of nitrogens with one attached hydrogen (secondary N) is 1. The number of benzene rings is 1. The maximum atomic E-state index is 9.49. The van der Waals surface area contributed by atoms with E-state index in [0.717, 1.165) is 24.3 Å². The molecule has 3 rings (SSSR count). The van der Waals surface area contributed by atoms with Crippen LogP contribution in [0.15, 0.2) is 41.0 Å². The van der Waals surface area contributed by atoms with Gasteiger partial charge in [-0.1, -0.05) is 12.1 Å². The molecule has 1 atom stereocenters. The minimum atomic E-state index is 0.134. The van der Waals surface area contributed by atoms with Crippen molar-refractivity contribution in [2.75, 3.05) is 6.54 Å². The summed E-state index contributed by atoms with van der Waals surface area (Å²) in [5, 5.41) is 12.9. The quantitative estimate of drug-likeness (QED) is 0.766. The van der Waals surface area contributed by atoms with Gasteiger partial charge >= 0.3 is 0 Å². The van der Waals surface area contributed by atoms with Crippen LogP contribution in [0.25, 0.3) is 0 Å². The van der Waals surface area contributed by atoms with Crippen molar-refractivity contribution in [3.63, 3.8) is 0 Å². The molecule has 82 valence electrons. The number of fused-ring (bicyclic) bond motifs is 1. The zero-order chi connectivity index (χ0) is 11.0. The van der Waals surface area contributed by atoms with Crippen molar-refractivity contribution in [2.45, 2.75) is 12.5 Å². The first-order valence-corrected chi connectivity index (χ1v) is 5.43. The number of rotatable bonds is 1. The van der Waals surface area contributed by atoms with Crippen molar-refractivity contribution in [3.8, 4) is 5.75 Å². The van der Waals surface area contributed by atoms with Crippen LogP contribution in [0.5, 0.6) is 5.75 Å². The third-order valence-corrected chi connectivity index (χ3v) is 2.99. The van der Waals surface area contributed by atoms with E-state index in [4.69, 9.17) is 4.42 Å². The molecule has 1 aromatic carbocycles. The third-order valence-electron chi connectivity index (χ3n) is 2.99. The Morgan fingerprint density at radius 1 is 1.31 bits per heavy atom. The summed E-state index contributed by atoms with van der Waals surface area (Å²) in [4.78, 5) is 0. The van der Waals surface area contributed by atoms with Gasteiger partial charge in [-0.25, -0.2) is 0 Å². The first-order valence-electron chi connectivity index (χ1n) is 5.43. The van der Waals surface area contributed by atoms with Crippen molar-refractivity contribution in [1.29, 1.82) is 0 Å². The number of phenols is 1. The summed E-state index contributed by atoms with van der Waals surface area (Å²) >= 11 is 0. The zero-order valence-corrected chi connectivity index (χ0v) is 8.81. The highest BCUT2D eigenvalue weighted by Crippen LogP contribution is 2.30. The molecule has 0 saturated heterocycles. The largest absolute Gasteiger partial charge is 0.508 e. The van der Waals surface area contributed by atoms with Gasteiger partial charge in [0, 0.05) is 18.5 Å². The highest BCUT2D eigenvalue weighted by atomic mass is 16.3. The van der Waals surface area contributed by atoms with Gasteiger partial charge < -0.3 is 14.8 Å². The van der Waals surface area contributed by atoms with Gasteiger partial charge in [0.1, 0.15) is 11.5 Å². The second-order valence-electron chi connectivity index (χ2n) is 4.03. The Morgan fingerprint density at radius 2 is 2.25 bits per heavy atom. The Kier molecular flexibility index (Phi) is 2.18. The summed E-state index contributed by atoms with van der Waals surface area (Å²) in [7, 11) is 0. The zero-order valence-electron chi connectivity index (χ0n) is 8.81. The van der Waals surface area contributed by atoms with Crippen LogP contribution in [0, 0.1) is 0 Å². The van der Waals surface area contributed by atoms with Crippen LogP contribution < -0.4 is 5.32 Å². The highest BCUT2D eigenvalue weighted by Gasteiger charge is 2.23. The lowest BCUT2D eigenvalue weighted by molar-refractivity contribution is 0.452. The topological polar surface area (TPSA) is 45.4 Å². The van der Waals surface area contributed by atoms with Crippen LogP contribution in [0.4, 0.5) is 0 Å². The van der Waals surface area contributed by atoms with Gasteiger partial charge in [0.25, 0.3) is 0 Å². The number of furan rings is 1. The second kappa shape index (κ2) is 3.68. The highest BCUT2D eigenvalue weighted by molar-refractivity contribution is 5.38. The Bertz CT molecular complexity index is 504. The van der Waals surface area contributed by atoms with Crippen molar-refractivity contribution >= 4 is 0 Å². The lowest BCUT2D eigenvalue weighted by Gasteiger charge is -2.23. The Hall–Kier alpha value is -1.74. The number of hydrogen-bond donors (Lipinski definition) is 2. The minimum absolute atomic E-state index is 0.134.